The minimum absolute atomic E-state index is 0.0538. The number of nitro benzene ring substituents is 1. The molecule has 0 atom stereocenters. The van der Waals surface area contributed by atoms with Gasteiger partial charge in [-0.1, -0.05) is 0 Å². The van der Waals surface area contributed by atoms with Crippen molar-refractivity contribution in [3.63, 3.8) is 0 Å². The number of benzene rings is 1. The van der Waals surface area contributed by atoms with Crippen LogP contribution < -0.4 is 10.6 Å². The van der Waals surface area contributed by atoms with Crippen molar-refractivity contribution in [1.29, 1.82) is 0 Å². The molecule has 2 N–H and O–H groups in total. The Morgan fingerprint density at radius 1 is 1.60 bits per heavy atom. The highest BCUT2D eigenvalue weighted by Gasteiger charge is 2.33. The minimum atomic E-state index is -0.753. The van der Waals surface area contributed by atoms with Crippen LogP contribution in [0.2, 0.25) is 0 Å². The zero-order chi connectivity index (χ0) is 14.8. The molecule has 0 spiro atoms. The number of nitrogens with one attached hydrogen (secondary N) is 2. The summed E-state index contributed by atoms with van der Waals surface area (Å²) in [5.74, 6) is -1.26. The molecular formula is C12H14FN3O4. The Labute approximate surface area is 114 Å². The van der Waals surface area contributed by atoms with Gasteiger partial charge in [0.25, 0.3) is 11.6 Å². The predicted octanol–water partition coefficient (Wildman–Crippen LogP) is 1.05. The van der Waals surface area contributed by atoms with Gasteiger partial charge in [-0.05, 0) is 19.1 Å². The minimum Gasteiger partial charge on any atom is -0.363 e. The molecule has 0 radical (unpaired) electrons. The first-order valence-corrected chi connectivity index (χ1v) is 5.98. The summed E-state index contributed by atoms with van der Waals surface area (Å²) in [6.45, 7) is 2.94. The summed E-state index contributed by atoms with van der Waals surface area (Å²) in [5, 5.41) is 16.1. The summed E-state index contributed by atoms with van der Waals surface area (Å²) < 4.78 is 18.4. The number of halogens is 1. The molecule has 1 heterocycles. The lowest BCUT2D eigenvalue weighted by Gasteiger charge is -2.38. The molecule has 20 heavy (non-hydrogen) atoms. The van der Waals surface area contributed by atoms with Gasteiger partial charge in [-0.2, -0.15) is 0 Å². The zero-order valence-electron chi connectivity index (χ0n) is 10.8. The quantitative estimate of drug-likeness (QED) is 0.622. The standard InChI is InChI=1S/C12H14FN3O4/c1-12(6-14-7-12)20-5-11(17)15-9-3-2-8(13)4-10(9)16(18)19/h2-4,14H,5-7H2,1H3,(H,15,17). The summed E-state index contributed by atoms with van der Waals surface area (Å²) in [6, 6.07) is 2.95. The number of rotatable bonds is 5. The number of carbonyl (C=O) groups is 1. The Balaban J connectivity index is 1.98. The first-order chi connectivity index (χ1) is 9.39. The van der Waals surface area contributed by atoms with E-state index in [0.29, 0.717) is 13.1 Å². The number of carbonyl (C=O) groups excluding carboxylic acids is 1. The van der Waals surface area contributed by atoms with Crippen LogP contribution in [0.15, 0.2) is 18.2 Å². The molecule has 0 aliphatic carbocycles. The smallest absolute Gasteiger partial charge is 0.295 e. The Morgan fingerprint density at radius 3 is 2.85 bits per heavy atom. The van der Waals surface area contributed by atoms with E-state index in [9.17, 15) is 19.3 Å². The van der Waals surface area contributed by atoms with Gasteiger partial charge >= 0.3 is 0 Å². The summed E-state index contributed by atoms with van der Waals surface area (Å²) in [6.07, 6.45) is 0. The van der Waals surface area contributed by atoms with Gasteiger partial charge in [-0.3, -0.25) is 14.9 Å². The van der Waals surface area contributed by atoms with Crippen molar-refractivity contribution in [1.82, 2.24) is 5.32 Å². The van der Waals surface area contributed by atoms with E-state index in [1.165, 1.54) is 0 Å². The van der Waals surface area contributed by atoms with Crippen molar-refractivity contribution in [2.24, 2.45) is 0 Å². The maximum Gasteiger partial charge on any atom is 0.295 e. The molecule has 0 aromatic heterocycles. The first kappa shape index (κ1) is 14.4. The van der Waals surface area contributed by atoms with Crippen molar-refractivity contribution < 1.29 is 18.8 Å². The number of hydrogen-bond acceptors (Lipinski definition) is 5. The highest BCUT2D eigenvalue weighted by molar-refractivity contribution is 5.93. The highest BCUT2D eigenvalue weighted by Crippen LogP contribution is 2.25. The number of amides is 1. The maximum atomic E-state index is 13.0. The van der Waals surface area contributed by atoms with Crippen LogP contribution in [0.5, 0.6) is 0 Å². The second-order valence-corrected chi connectivity index (χ2v) is 4.81. The lowest BCUT2D eigenvalue weighted by atomic mass is 10.0. The van der Waals surface area contributed by atoms with Crippen LogP contribution in [0.4, 0.5) is 15.8 Å². The number of nitro groups is 1. The van der Waals surface area contributed by atoms with Gasteiger partial charge in [0, 0.05) is 13.1 Å². The van der Waals surface area contributed by atoms with Gasteiger partial charge in [0.15, 0.2) is 0 Å². The normalized spacial score (nSPS) is 16.3. The Hall–Kier alpha value is -2.06. The van der Waals surface area contributed by atoms with Crippen LogP contribution in [0.25, 0.3) is 0 Å². The van der Waals surface area contributed by atoms with E-state index in [-0.39, 0.29) is 17.9 Å². The highest BCUT2D eigenvalue weighted by atomic mass is 19.1. The maximum absolute atomic E-state index is 13.0. The Kier molecular flexibility index (Phi) is 3.96. The van der Waals surface area contributed by atoms with Crippen LogP contribution in [0.1, 0.15) is 6.92 Å². The van der Waals surface area contributed by atoms with E-state index in [1.807, 2.05) is 6.92 Å². The van der Waals surface area contributed by atoms with Gasteiger partial charge in [0.2, 0.25) is 0 Å². The van der Waals surface area contributed by atoms with E-state index in [0.717, 1.165) is 18.2 Å². The molecule has 1 aliphatic heterocycles. The fraction of sp³-hybridized carbons (Fsp3) is 0.417. The third-order valence-corrected chi connectivity index (χ3v) is 2.98. The van der Waals surface area contributed by atoms with Crippen LogP contribution in [-0.2, 0) is 9.53 Å². The van der Waals surface area contributed by atoms with Gasteiger partial charge in [-0.25, -0.2) is 4.39 Å². The largest absolute Gasteiger partial charge is 0.363 e. The van der Waals surface area contributed by atoms with E-state index in [2.05, 4.69) is 10.6 Å². The molecule has 1 fully saturated rings. The van der Waals surface area contributed by atoms with Crippen molar-refractivity contribution in [3.05, 3.63) is 34.1 Å². The van der Waals surface area contributed by atoms with Gasteiger partial charge < -0.3 is 15.4 Å². The van der Waals surface area contributed by atoms with Crippen LogP contribution in [-0.4, -0.2) is 36.1 Å². The monoisotopic (exact) mass is 283 g/mol. The van der Waals surface area contributed by atoms with Crippen LogP contribution in [0, 0.1) is 15.9 Å². The average molecular weight is 283 g/mol. The van der Waals surface area contributed by atoms with Crippen molar-refractivity contribution >= 4 is 17.3 Å². The second-order valence-electron chi connectivity index (χ2n) is 4.81. The number of anilines is 1. The molecule has 1 saturated heterocycles. The van der Waals surface area contributed by atoms with Crippen molar-refractivity contribution in [2.45, 2.75) is 12.5 Å². The third kappa shape index (κ3) is 3.28. The van der Waals surface area contributed by atoms with E-state index >= 15 is 0 Å². The van der Waals surface area contributed by atoms with E-state index < -0.39 is 22.3 Å². The molecule has 1 aliphatic rings. The lowest BCUT2D eigenvalue weighted by molar-refractivity contribution is -0.384. The van der Waals surface area contributed by atoms with Gasteiger partial charge in [0.1, 0.15) is 18.1 Å². The summed E-state index contributed by atoms with van der Waals surface area (Å²) in [4.78, 5) is 21.7. The molecule has 2 rings (SSSR count). The molecule has 1 aromatic carbocycles. The molecular weight excluding hydrogens is 269 g/mol. The fourth-order valence-corrected chi connectivity index (χ4v) is 1.77. The van der Waals surface area contributed by atoms with E-state index in [1.54, 1.807) is 0 Å². The van der Waals surface area contributed by atoms with Crippen LogP contribution in [0.3, 0.4) is 0 Å². The fourth-order valence-electron chi connectivity index (χ4n) is 1.77. The summed E-state index contributed by atoms with van der Waals surface area (Å²) in [5.41, 5.74) is -0.928. The molecule has 0 saturated carbocycles. The van der Waals surface area contributed by atoms with E-state index in [4.69, 9.17) is 4.74 Å². The van der Waals surface area contributed by atoms with Gasteiger partial charge in [0.05, 0.1) is 16.6 Å². The Morgan fingerprint density at radius 2 is 2.30 bits per heavy atom. The number of ether oxygens (including phenoxy) is 1. The zero-order valence-corrected chi connectivity index (χ0v) is 10.8. The first-order valence-electron chi connectivity index (χ1n) is 5.98. The third-order valence-electron chi connectivity index (χ3n) is 2.98. The molecule has 108 valence electrons. The van der Waals surface area contributed by atoms with Crippen molar-refractivity contribution in [2.75, 3.05) is 25.0 Å². The molecule has 8 heteroatoms. The average Bonchev–Trinajstić information content (AvgIpc) is 2.36. The van der Waals surface area contributed by atoms with Gasteiger partial charge in [-0.15, -0.1) is 0 Å². The summed E-state index contributed by atoms with van der Waals surface area (Å²) >= 11 is 0. The SMILES string of the molecule is CC1(OCC(=O)Nc2ccc(F)cc2[N+](=O)[O-])CNC1. The second kappa shape index (κ2) is 5.51. The molecule has 7 nitrogen and oxygen atoms in total. The molecule has 1 amide bonds. The van der Waals surface area contributed by atoms with Crippen LogP contribution >= 0.6 is 0 Å². The van der Waals surface area contributed by atoms with Crippen molar-refractivity contribution in [3.8, 4) is 0 Å². The molecule has 0 unspecified atom stereocenters. The number of hydrogen-bond donors (Lipinski definition) is 2. The number of nitrogens with zero attached hydrogens (tertiary/aromatic N) is 1. The topological polar surface area (TPSA) is 93.5 Å². The molecule has 1 aromatic rings. The lowest BCUT2D eigenvalue weighted by Crippen LogP contribution is -2.59. The molecule has 0 bridgehead atoms. The summed E-state index contributed by atoms with van der Waals surface area (Å²) in [7, 11) is 0. The Bertz CT molecular complexity index is 546. The predicted molar refractivity (Wildman–Crippen MR) is 68.9 cm³/mol.